The van der Waals surface area contributed by atoms with E-state index in [1.54, 1.807) is 0 Å². The second-order valence-corrected chi connectivity index (χ2v) is 2.79. The van der Waals surface area contributed by atoms with Gasteiger partial charge in [-0.05, 0) is 23.2 Å². The van der Waals surface area contributed by atoms with Crippen LogP contribution in [0.15, 0.2) is 23.2 Å². The molecule has 1 unspecified atom stereocenters. The van der Waals surface area contributed by atoms with Gasteiger partial charge in [0.05, 0.1) is 4.90 Å². The Morgan fingerprint density at radius 1 is 1.64 bits per heavy atom. The third kappa shape index (κ3) is 3.19. The largest absolute Gasteiger partial charge is 1.00 e. The molecule has 0 amide bonds. The number of hydrogen-bond acceptors (Lipinski definition) is 3. The first-order valence-electron chi connectivity index (χ1n) is 2.41. The molecule has 0 radical (unpaired) electrons. The van der Waals surface area contributed by atoms with Crippen LogP contribution in [0.25, 0.3) is 0 Å². The van der Waals surface area contributed by atoms with E-state index >= 15 is 0 Å². The van der Waals surface area contributed by atoms with Crippen LogP contribution in [0.3, 0.4) is 0 Å². The minimum Gasteiger partial charge on any atom is -0.768 e. The summed E-state index contributed by atoms with van der Waals surface area (Å²) in [6.45, 7) is 0. The number of hydrogen-bond donors (Lipinski definition) is 0. The molecule has 1 heterocycles. The molecular weight excluding hydrogens is 197 g/mol. The third-order valence-electron chi connectivity index (χ3n) is 0.904. The fraction of sp³-hybridized carbons (Fsp3) is 0. The van der Waals surface area contributed by atoms with Crippen LogP contribution in [0.2, 0.25) is 5.15 Å². The first kappa shape index (κ1) is 11.6. The number of halogens is 1. The van der Waals surface area contributed by atoms with Crippen molar-refractivity contribution in [3.05, 3.63) is 23.5 Å². The van der Waals surface area contributed by atoms with Crippen LogP contribution in [-0.2, 0) is 11.1 Å². The van der Waals surface area contributed by atoms with E-state index in [0.717, 1.165) is 0 Å². The minimum absolute atomic E-state index is 0. The number of aromatic nitrogens is 1. The van der Waals surface area contributed by atoms with Crippen molar-refractivity contribution < 1.29 is 38.3 Å². The number of pyridine rings is 1. The molecule has 54 valence electrons. The SMILES string of the molecule is O=S([O-])c1cccnc1Cl.[Na+]. The molecule has 0 aliphatic rings. The maximum Gasteiger partial charge on any atom is 1.00 e. The van der Waals surface area contributed by atoms with E-state index in [1.165, 1.54) is 18.3 Å². The molecule has 1 aromatic rings. The van der Waals surface area contributed by atoms with Gasteiger partial charge in [-0.3, -0.25) is 4.21 Å². The molecule has 1 aromatic heterocycles. The Kier molecular flexibility index (Phi) is 5.50. The summed E-state index contributed by atoms with van der Waals surface area (Å²) in [5.41, 5.74) is 0. The van der Waals surface area contributed by atoms with Crippen molar-refractivity contribution in [2.24, 2.45) is 0 Å². The zero-order valence-electron chi connectivity index (χ0n) is 5.78. The van der Waals surface area contributed by atoms with Crippen LogP contribution in [0.1, 0.15) is 0 Å². The third-order valence-corrected chi connectivity index (χ3v) is 2.01. The average molecular weight is 200 g/mol. The Bertz CT molecular complexity index is 270. The van der Waals surface area contributed by atoms with Crippen molar-refractivity contribution in [2.45, 2.75) is 4.90 Å². The standard InChI is InChI=1S/C5H4ClNO2S.Na/c6-5-4(10(8)9)2-1-3-7-5;/h1-3H,(H,8,9);/q;+1/p-1. The van der Waals surface area contributed by atoms with Gasteiger partial charge < -0.3 is 4.55 Å². The van der Waals surface area contributed by atoms with Crippen molar-refractivity contribution in [1.82, 2.24) is 4.98 Å². The van der Waals surface area contributed by atoms with Gasteiger partial charge in [-0.2, -0.15) is 0 Å². The molecule has 3 nitrogen and oxygen atoms in total. The topological polar surface area (TPSA) is 53.0 Å². The number of nitrogens with zero attached hydrogens (tertiary/aromatic N) is 1. The van der Waals surface area contributed by atoms with Gasteiger partial charge in [-0.1, -0.05) is 11.6 Å². The zero-order valence-corrected chi connectivity index (χ0v) is 9.35. The first-order valence-corrected chi connectivity index (χ1v) is 3.87. The molecule has 0 fully saturated rings. The molecule has 1 rings (SSSR count). The molecule has 0 saturated carbocycles. The smallest absolute Gasteiger partial charge is 0.768 e. The van der Waals surface area contributed by atoms with Gasteiger partial charge in [0, 0.05) is 6.20 Å². The van der Waals surface area contributed by atoms with Gasteiger partial charge in [0.25, 0.3) is 0 Å². The maximum atomic E-state index is 10.3. The molecule has 0 saturated heterocycles. The monoisotopic (exact) mass is 199 g/mol. The predicted octanol–water partition coefficient (Wildman–Crippen LogP) is -2.02. The fourth-order valence-corrected chi connectivity index (χ4v) is 1.18. The second-order valence-electron chi connectivity index (χ2n) is 1.53. The molecule has 0 bridgehead atoms. The summed E-state index contributed by atoms with van der Waals surface area (Å²) in [6, 6.07) is 2.90. The van der Waals surface area contributed by atoms with Gasteiger partial charge in [-0.25, -0.2) is 4.98 Å². The Labute approximate surface area is 93.7 Å². The van der Waals surface area contributed by atoms with E-state index in [-0.39, 0.29) is 39.6 Å². The Morgan fingerprint density at radius 3 is 2.64 bits per heavy atom. The molecule has 0 spiro atoms. The molecule has 11 heavy (non-hydrogen) atoms. The van der Waals surface area contributed by atoms with Crippen LogP contribution in [0.4, 0.5) is 0 Å². The van der Waals surface area contributed by atoms with Crippen molar-refractivity contribution in [2.75, 3.05) is 0 Å². The fourth-order valence-electron chi connectivity index (χ4n) is 0.496. The summed E-state index contributed by atoms with van der Waals surface area (Å²) >= 11 is 3.13. The van der Waals surface area contributed by atoms with Crippen LogP contribution in [-0.4, -0.2) is 13.7 Å². The number of rotatable bonds is 1. The van der Waals surface area contributed by atoms with Crippen LogP contribution >= 0.6 is 11.6 Å². The molecule has 0 aliphatic heterocycles. The average Bonchev–Trinajstić information content (AvgIpc) is 1.88. The molecule has 0 aromatic carbocycles. The Morgan fingerprint density at radius 2 is 2.27 bits per heavy atom. The van der Waals surface area contributed by atoms with Crippen molar-refractivity contribution >= 4 is 22.7 Å². The molecule has 0 N–H and O–H groups in total. The summed E-state index contributed by atoms with van der Waals surface area (Å²) in [6.07, 6.45) is 1.43. The van der Waals surface area contributed by atoms with Gasteiger partial charge >= 0.3 is 29.6 Å². The van der Waals surface area contributed by atoms with Crippen molar-refractivity contribution in [1.29, 1.82) is 0 Å². The summed E-state index contributed by atoms with van der Waals surface area (Å²) in [4.78, 5) is 3.60. The maximum absolute atomic E-state index is 10.3. The zero-order chi connectivity index (χ0) is 7.56. The first-order chi connectivity index (χ1) is 4.72. The second kappa shape index (κ2) is 5.24. The van der Waals surface area contributed by atoms with E-state index in [4.69, 9.17) is 11.6 Å². The summed E-state index contributed by atoms with van der Waals surface area (Å²) in [5, 5.41) is 0.0100. The molecular formula is C5H3ClNNaO2S. The van der Waals surface area contributed by atoms with E-state index in [2.05, 4.69) is 4.98 Å². The van der Waals surface area contributed by atoms with E-state index in [9.17, 15) is 8.76 Å². The van der Waals surface area contributed by atoms with Gasteiger partial charge in [0.1, 0.15) is 5.15 Å². The van der Waals surface area contributed by atoms with Gasteiger partial charge in [0.15, 0.2) is 0 Å². The van der Waals surface area contributed by atoms with E-state index < -0.39 is 11.1 Å². The van der Waals surface area contributed by atoms with Crippen molar-refractivity contribution in [3.8, 4) is 0 Å². The summed E-state index contributed by atoms with van der Waals surface area (Å²) in [7, 11) is 0. The molecule has 0 aliphatic carbocycles. The van der Waals surface area contributed by atoms with Crippen molar-refractivity contribution in [3.63, 3.8) is 0 Å². The predicted molar refractivity (Wildman–Crippen MR) is 36.4 cm³/mol. The normalized spacial score (nSPS) is 11.8. The molecule has 6 heteroatoms. The van der Waals surface area contributed by atoms with Gasteiger partial charge in [0.2, 0.25) is 0 Å². The van der Waals surface area contributed by atoms with Crippen LogP contribution in [0.5, 0.6) is 0 Å². The summed E-state index contributed by atoms with van der Waals surface area (Å²) < 4.78 is 20.6. The quantitative estimate of drug-likeness (QED) is 0.298. The van der Waals surface area contributed by atoms with Gasteiger partial charge in [-0.15, -0.1) is 0 Å². The Balaban J connectivity index is 0.000001000. The van der Waals surface area contributed by atoms with Crippen LogP contribution in [0, 0.1) is 0 Å². The minimum atomic E-state index is -2.28. The Hall–Kier alpha value is 0.550. The molecule has 1 atom stereocenters. The van der Waals surface area contributed by atoms with E-state index in [0.29, 0.717) is 0 Å². The summed E-state index contributed by atoms with van der Waals surface area (Å²) in [5.74, 6) is 0. The van der Waals surface area contributed by atoms with E-state index in [1.807, 2.05) is 0 Å². The van der Waals surface area contributed by atoms with Crippen LogP contribution < -0.4 is 29.6 Å².